The molecule has 0 spiro atoms. The molecule has 6 rings (SSSR count). The zero-order valence-electron chi connectivity index (χ0n) is 42.3. The fourth-order valence-corrected chi connectivity index (χ4v) is 11.3. The Labute approximate surface area is 409 Å². The van der Waals surface area contributed by atoms with Crippen LogP contribution in [0.5, 0.6) is 0 Å². The summed E-state index contributed by atoms with van der Waals surface area (Å²) in [6.07, 6.45) is 3.26. The quantitative estimate of drug-likeness (QED) is 0.122. The van der Waals surface area contributed by atoms with E-state index < -0.39 is 83.9 Å². The third kappa shape index (κ3) is 13.0. The van der Waals surface area contributed by atoms with Gasteiger partial charge in [-0.2, -0.15) is 0 Å². The van der Waals surface area contributed by atoms with E-state index in [4.69, 9.17) is 28.4 Å². The highest BCUT2D eigenvalue weighted by Crippen LogP contribution is 2.40. The van der Waals surface area contributed by atoms with Gasteiger partial charge in [-0.15, -0.1) is 0 Å². The van der Waals surface area contributed by atoms with E-state index in [1.54, 1.807) is 21.0 Å². The van der Waals surface area contributed by atoms with Gasteiger partial charge in [0.15, 0.2) is 0 Å². The zero-order valence-corrected chi connectivity index (χ0v) is 42.3. The van der Waals surface area contributed by atoms with Crippen LogP contribution in [0.25, 0.3) is 10.8 Å². The topological polar surface area (TPSA) is 188 Å². The molecule has 1 unspecified atom stereocenters. The summed E-state index contributed by atoms with van der Waals surface area (Å²) in [4.78, 5) is 58.6. The molecule has 0 aromatic heterocycles. The van der Waals surface area contributed by atoms with Crippen molar-refractivity contribution >= 4 is 34.2 Å². The predicted octanol–water partition coefficient (Wildman–Crippen LogP) is 7.38. The number of aliphatic hydroxyl groups excluding tert-OH is 2. The minimum atomic E-state index is -2.52. The molecule has 14 heteroatoms. The predicted molar refractivity (Wildman–Crippen MR) is 261 cm³/mol. The summed E-state index contributed by atoms with van der Waals surface area (Å²) in [7, 11) is 4.71. The first-order valence-electron chi connectivity index (χ1n) is 25.3. The number of fused-ring (bicyclic) bond motifs is 4. The number of hydrogen-bond acceptors (Lipinski definition) is 13. The van der Waals surface area contributed by atoms with Crippen LogP contribution in [0.3, 0.4) is 0 Å². The van der Waals surface area contributed by atoms with Gasteiger partial charge in [0.25, 0.3) is 11.7 Å². The lowest BCUT2D eigenvalue weighted by atomic mass is 9.81. The van der Waals surface area contributed by atoms with Gasteiger partial charge in [0.2, 0.25) is 5.79 Å². The molecule has 2 saturated heterocycles. The van der Waals surface area contributed by atoms with Crippen LogP contribution >= 0.6 is 0 Å². The summed E-state index contributed by atoms with van der Waals surface area (Å²) in [5.74, 6) is -7.65. The van der Waals surface area contributed by atoms with Crippen LogP contribution in [0.15, 0.2) is 65.8 Å². The van der Waals surface area contributed by atoms with Gasteiger partial charge in [0.05, 0.1) is 37.1 Å². The summed E-state index contributed by atoms with van der Waals surface area (Å²) >= 11 is 0. The highest BCUT2D eigenvalue weighted by atomic mass is 16.7. The average Bonchev–Trinajstić information content (AvgIpc) is 3.35. The molecule has 1 aliphatic carbocycles. The summed E-state index contributed by atoms with van der Waals surface area (Å²) in [5.41, 5.74) is 2.42. The second-order valence-electron chi connectivity index (χ2n) is 20.6. The normalized spacial score (nSPS) is 36.5. The highest BCUT2D eigenvalue weighted by molar-refractivity contribution is 6.39. The summed E-state index contributed by atoms with van der Waals surface area (Å²) in [6, 6.07) is 12.7. The number of allylic oxidation sites excluding steroid dienone is 3. The van der Waals surface area contributed by atoms with Gasteiger partial charge in [0.1, 0.15) is 30.1 Å². The summed E-state index contributed by atoms with van der Waals surface area (Å²) in [6.45, 7) is 11.4. The van der Waals surface area contributed by atoms with E-state index in [1.165, 1.54) is 19.1 Å². The summed E-state index contributed by atoms with van der Waals surface area (Å²) in [5, 5.41) is 37.3. The Morgan fingerprint density at radius 2 is 1.58 bits per heavy atom. The molecule has 14 nitrogen and oxygen atoms in total. The van der Waals surface area contributed by atoms with Crippen molar-refractivity contribution in [2.45, 2.75) is 173 Å². The second kappa shape index (κ2) is 24.5. The fourth-order valence-electron chi connectivity index (χ4n) is 11.3. The van der Waals surface area contributed by atoms with Crippen LogP contribution in [-0.4, -0.2) is 133 Å². The largest absolute Gasteiger partial charge is 0.456 e. The highest BCUT2D eigenvalue weighted by Gasteiger charge is 2.56. The number of cyclic esters (lactones) is 1. The van der Waals surface area contributed by atoms with Crippen molar-refractivity contribution < 1.29 is 62.9 Å². The van der Waals surface area contributed by atoms with Gasteiger partial charge in [-0.05, 0) is 118 Å². The zero-order chi connectivity index (χ0) is 50.2. The standard InChI is InChI=1S/C55H79NO13/c1-10-38-24-32(2)23-33(3)25-48(65-8)51-49(66-9)27-35(5)55(63,69-51)52(60)53(61)56-22-14-13-17-42(56)54(62)68-50(36(6)43(57)30-44(38)58)34(4)26-37-18-21-46(47(28-37)64-7)67-31-45(59)41-20-19-39-15-11-12-16-40(39)29-41/h11-12,15-16,19-20,24,26,29,33,35-38,42-43,45-51,57,59,63H,10,13-14,17-18,21-23,25,27-28,30-31H2,1-9H3/b32-24+,34-26+/t33-,35+,36+,37?,38+,42-,43+,45+,46+,47+,48-,49-,50+,51+,55+/m0/s1. The Kier molecular flexibility index (Phi) is 19.3. The molecular formula is C55H79NO13. The number of Topliss-reactive ketones (excluding diaryl/α,β-unsaturated/α-hetero) is 2. The van der Waals surface area contributed by atoms with E-state index in [9.17, 15) is 34.5 Å². The van der Waals surface area contributed by atoms with Crippen LogP contribution in [0.4, 0.5) is 0 Å². The first-order valence-corrected chi connectivity index (χ1v) is 25.3. The first kappa shape index (κ1) is 54.5. The number of piperidine rings is 1. The van der Waals surface area contributed by atoms with Gasteiger partial charge >= 0.3 is 5.97 Å². The molecule has 1 saturated carbocycles. The maximum Gasteiger partial charge on any atom is 0.329 e. The molecule has 0 radical (unpaired) electrons. The third-order valence-electron chi connectivity index (χ3n) is 15.5. The van der Waals surface area contributed by atoms with Crippen LogP contribution in [0, 0.1) is 29.6 Å². The Morgan fingerprint density at radius 3 is 2.28 bits per heavy atom. The molecule has 3 heterocycles. The lowest BCUT2D eigenvalue weighted by Crippen LogP contribution is -2.64. The van der Waals surface area contributed by atoms with E-state index in [1.807, 2.05) is 75.4 Å². The minimum absolute atomic E-state index is 0.0212. The molecule has 3 fully saturated rings. The van der Waals surface area contributed by atoms with Gasteiger partial charge in [-0.3, -0.25) is 14.4 Å². The summed E-state index contributed by atoms with van der Waals surface area (Å²) < 4.78 is 36.7. The van der Waals surface area contributed by atoms with Crippen molar-refractivity contribution in [2.75, 3.05) is 34.5 Å². The number of methoxy groups -OCH3 is 3. The number of amides is 1. The van der Waals surface area contributed by atoms with Crippen LogP contribution in [0.1, 0.15) is 124 Å². The number of benzene rings is 2. The Hall–Kier alpha value is -3.86. The van der Waals surface area contributed by atoms with Gasteiger partial charge in [-0.1, -0.05) is 81.8 Å². The number of esters is 1. The molecule has 2 aromatic rings. The number of carbonyl (C=O) groups is 4. The van der Waals surface area contributed by atoms with Gasteiger partial charge < -0.3 is 48.6 Å². The number of ether oxygens (including phenoxy) is 6. The number of rotatable bonds is 10. The number of hydrogen-bond donors (Lipinski definition) is 3. The molecule has 69 heavy (non-hydrogen) atoms. The maximum absolute atomic E-state index is 14.6. The van der Waals surface area contributed by atoms with Crippen molar-refractivity contribution in [1.82, 2.24) is 4.90 Å². The second-order valence-corrected chi connectivity index (χ2v) is 20.6. The SMILES string of the molecule is CC[C@@H]1/C=C(\C)C[C@H](C)C[C@H](OC)[C@H]2O[C@@](O)(C(=O)C(=O)N3CCCC[C@H]3C(=O)O[C@H](/C(C)=C/C3CC[C@@H](OC[C@@H](O)c4ccc5ccccc5c4)[C@H](OC)C3)[C@H](C)[C@H](O)CC1=O)[C@H](C)C[C@@H]2OC. The monoisotopic (exact) mass is 962 g/mol. The van der Waals surface area contributed by atoms with Crippen molar-refractivity contribution in [3.63, 3.8) is 0 Å². The average molecular weight is 962 g/mol. The van der Waals surface area contributed by atoms with E-state index in [0.29, 0.717) is 56.9 Å². The maximum atomic E-state index is 14.6. The van der Waals surface area contributed by atoms with E-state index in [-0.39, 0.29) is 62.2 Å². The Morgan fingerprint density at radius 1 is 0.884 bits per heavy atom. The van der Waals surface area contributed by atoms with Crippen molar-refractivity contribution in [3.8, 4) is 0 Å². The first-order chi connectivity index (χ1) is 32.9. The number of aliphatic hydroxyl groups is 3. The van der Waals surface area contributed by atoms with Crippen LogP contribution < -0.4 is 0 Å². The lowest BCUT2D eigenvalue weighted by Gasteiger charge is -2.47. The molecule has 3 aliphatic heterocycles. The molecule has 2 aromatic carbocycles. The minimum Gasteiger partial charge on any atom is -0.456 e. The van der Waals surface area contributed by atoms with Crippen LogP contribution in [0.2, 0.25) is 0 Å². The van der Waals surface area contributed by atoms with E-state index >= 15 is 0 Å². The molecule has 4 aliphatic rings. The number of nitrogens with zero attached hydrogens (tertiary/aromatic N) is 1. The van der Waals surface area contributed by atoms with Gasteiger partial charge in [0, 0.05) is 52.0 Å². The van der Waals surface area contributed by atoms with Crippen molar-refractivity contribution in [1.29, 1.82) is 0 Å². The van der Waals surface area contributed by atoms with Gasteiger partial charge in [-0.25, -0.2) is 4.79 Å². The van der Waals surface area contributed by atoms with Crippen molar-refractivity contribution in [3.05, 3.63) is 71.3 Å². The molecule has 2 bridgehead atoms. The number of carbonyl (C=O) groups excluding carboxylic acids is 4. The smallest absolute Gasteiger partial charge is 0.329 e. The van der Waals surface area contributed by atoms with E-state index in [0.717, 1.165) is 21.9 Å². The lowest BCUT2D eigenvalue weighted by molar-refractivity contribution is -0.302. The molecular weight excluding hydrogens is 883 g/mol. The van der Waals surface area contributed by atoms with E-state index in [2.05, 4.69) is 6.92 Å². The fraction of sp³-hybridized carbons (Fsp3) is 0.673. The molecule has 1 amide bonds. The third-order valence-corrected chi connectivity index (χ3v) is 15.5. The molecule has 15 atom stereocenters. The Bertz CT molecular complexity index is 2140. The van der Waals surface area contributed by atoms with Crippen molar-refractivity contribution in [2.24, 2.45) is 29.6 Å². The number of ketones is 2. The van der Waals surface area contributed by atoms with Crippen LogP contribution in [-0.2, 0) is 47.6 Å². The molecule has 382 valence electrons. The molecule has 3 N–H and O–H groups in total. The Balaban J connectivity index is 1.26.